The minimum absolute atomic E-state index is 0.166. The van der Waals surface area contributed by atoms with Crippen molar-refractivity contribution in [3.8, 4) is 0 Å². The van der Waals surface area contributed by atoms with E-state index in [-0.39, 0.29) is 11.4 Å². The molecule has 0 aliphatic carbocycles. The number of amides is 1. The molecule has 1 fully saturated rings. The molecule has 0 atom stereocenters. The van der Waals surface area contributed by atoms with Crippen LogP contribution in [-0.4, -0.2) is 47.0 Å². The van der Waals surface area contributed by atoms with Gasteiger partial charge in [-0.05, 0) is 30.3 Å². The van der Waals surface area contributed by atoms with E-state index < -0.39 is 17.5 Å². The number of anilines is 3. The third-order valence-electron chi connectivity index (χ3n) is 4.64. The average molecular weight is 396 g/mol. The van der Waals surface area contributed by atoms with Gasteiger partial charge in [0.2, 0.25) is 5.95 Å². The number of aromatic nitrogens is 3. The van der Waals surface area contributed by atoms with Crippen LogP contribution >= 0.6 is 0 Å². The molecule has 0 bridgehead atoms. The predicted molar refractivity (Wildman–Crippen MR) is 105 cm³/mol. The van der Waals surface area contributed by atoms with Crippen LogP contribution < -0.4 is 15.1 Å². The van der Waals surface area contributed by atoms with Crippen LogP contribution in [0.3, 0.4) is 0 Å². The third kappa shape index (κ3) is 4.29. The predicted octanol–water partition coefficient (Wildman–Crippen LogP) is 2.73. The number of nitrogens with zero attached hydrogens (tertiary/aromatic N) is 5. The Morgan fingerprint density at radius 2 is 1.62 bits per heavy atom. The van der Waals surface area contributed by atoms with Gasteiger partial charge in [-0.2, -0.15) is 0 Å². The van der Waals surface area contributed by atoms with Gasteiger partial charge in [0.05, 0.1) is 11.9 Å². The summed E-state index contributed by atoms with van der Waals surface area (Å²) < 4.78 is 26.3. The smallest absolute Gasteiger partial charge is 0.274 e. The number of carbonyl (C=O) groups is 1. The number of nitrogens with one attached hydrogen (secondary N) is 1. The van der Waals surface area contributed by atoms with Crippen molar-refractivity contribution in [1.82, 2.24) is 15.0 Å². The van der Waals surface area contributed by atoms with E-state index in [1.54, 1.807) is 30.7 Å². The van der Waals surface area contributed by atoms with Crippen molar-refractivity contribution in [2.75, 3.05) is 41.3 Å². The van der Waals surface area contributed by atoms with Gasteiger partial charge in [-0.3, -0.25) is 4.79 Å². The topological polar surface area (TPSA) is 74.2 Å². The molecule has 0 unspecified atom stereocenters. The highest BCUT2D eigenvalue weighted by molar-refractivity contribution is 6.02. The SMILES string of the molecule is O=C(Nc1ccc(F)c(F)c1)c1ccc(N2CCN(c3ncccn3)CC2)cn1. The summed E-state index contributed by atoms with van der Waals surface area (Å²) in [6.45, 7) is 3.12. The van der Waals surface area contributed by atoms with Gasteiger partial charge in [0.15, 0.2) is 11.6 Å². The lowest BCUT2D eigenvalue weighted by atomic mass is 10.2. The molecule has 29 heavy (non-hydrogen) atoms. The van der Waals surface area contributed by atoms with Crippen LogP contribution in [0, 0.1) is 11.6 Å². The van der Waals surface area contributed by atoms with Crippen molar-refractivity contribution in [2.24, 2.45) is 0 Å². The Morgan fingerprint density at radius 1 is 0.897 bits per heavy atom. The van der Waals surface area contributed by atoms with E-state index in [9.17, 15) is 13.6 Å². The van der Waals surface area contributed by atoms with Crippen molar-refractivity contribution in [3.63, 3.8) is 0 Å². The first-order valence-electron chi connectivity index (χ1n) is 9.09. The monoisotopic (exact) mass is 396 g/mol. The summed E-state index contributed by atoms with van der Waals surface area (Å²) in [6, 6.07) is 8.40. The van der Waals surface area contributed by atoms with Crippen molar-refractivity contribution < 1.29 is 13.6 Å². The molecule has 3 heterocycles. The quantitative estimate of drug-likeness (QED) is 0.731. The first-order chi connectivity index (χ1) is 14.1. The van der Waals surface area contributed by atoms with Gasteiger partial charge < -0.3 is 15.1 Å². The van der Waals surface area contributed by atoms with Gasteiger partial charge in [-0.15, -0.1) is 0 Å². The fourth-order valence-electron chi connectivity index (χ4n) is 3.10. The molecular formula is C20H18F2N6O. The highest BCUT2D eigenvalue weighted by Gasteiger charge is 2.19. The highest BCUT2D eigenvalue weighted by atomic mass is 19.2. The molecule has 1 amide bonds. The Kier molecular flexibility index (Phi) is 5.28. The van der Waals surface area contributed by atoms with Crippen molar-refractivity contribution in [2.45, 2.75) is 0 Å². The van der Waals surface area contributed by atoms with Gasteiger partial charge in [0.1, 0.15) is 5.69 Å². The van der Waals surface area contributed by atoms with E-state index in [4.69, 9.17) is 0 Å². The maximum atomic E-state index is 13.3. The standard InChI is InChI=1S/C20H18F2N6O/c21-16-4-2-14(12-17(16)22)26-19(29)18-5-3-15(13-25-18)27-8-10-28(11-9-27)20-23-6-1-7-24-20/h1-7,12-13H,8-11H2,(H,26,29). The molecule has 3 aromatic rings. The number of hydrogen-bond acceptors (Lipinski definition) is 6. The second-order valence-electron chi connectivity index (χ2n) is 6.51. The van der Waals surface area contributed by atoms with Crippen LogP contribution in [0.15, 0.2) is 55.0 Å². The number of carbonyl (C=O) groups excluding carboxylic acids is 1. The number of rotatable bonds is 4. The lowest BCUT2D eigenvalue weighted by molar-refractivity contribution is 0.102. The van der Waals surface area contributed by atoms with Gasteiger partial charge in [-0.25, -0.2) is 23.7 Å². The summed E-state index contributed by atoms with van der Waals surface area (Å²) in [5.41, 5.74) is 1.26. The summed E-state index contributed by atoms with van der Waals surface area (Å²) in [5, 5.41) is 2.51. The fourth-order valence-corrected chi connectivity index (χ4v) is 3.10. The Labute approximate surface area is 166 Å². The number of pyridine rings is 1. The third-order valence-corrected chi connectivity index (χ3v) is 4.64. The fraction of sp³-hybridized carbons (Fsp3) is 0.200. The molecular weight excluding hydrogens is 378 g/mol. The molecule has 2 aromatic heterocycles. The lowest BCUT2D eigenvalue weighted by Gasteiger charge is -2.35. The van der Waals surface area contributed by atoms with Crippen LogP contribution in [0.5, 0.6) is 0 Å². The van der Waals surface area contributed by atoms with E-state index in [2.05, 4.69) is 30.1 Å². The summed E-state index contributed by atoms with van der Waals surface area (Å²) in [7, 11) is 0. The van der Waals surface area contributed by atoms with Gasteiger partial charge >= 0.3 is 0 Å². The van der Waals surface area contributed by atoms with Crippen molar-refractivity contribution in [1.29, 1.82) is 0 Å². The summed E-state index contributed by atoms with van der Waals surface area (Å²) in [4.78, 5) is 29.3. The van der Waals surface area contributed by atoms with Crippen LogP contribution in [-0.2, 0) is 0 Å². The van der Waals surface area contributed by atoms with Crippen LogP contribution in [0.1, 0.15) is 10.5 Å². The summed E-state index contributed by atoms with van der Waals surface area (Å²) in [6.07, 6.45) is 5.08. The molecule has 4 rings (SSSR count). The van der Waals surface area contributed by atoms with E-state index in [0.29, 0.717) is 0 Å². The van der Waals surface area contributed by atoms with Crippen molar-refractivity contribution >= 4 is 23.2 Å². The minimum Gasteiger partial charge on any atom is -0.367 e. The Bertz CT molecular complexity index is 992. The second kappa shape index (κ2) is 8.17. The largest absolute Gasteiger partial charge is 0.367 e. The first kappa shape index (κ1) is 18.7. The van der Waals surface area contributed by atoms with Gasteiger partial charge in [0.25, 0.3) is 5.91 Å². The second-order valence-corrected chi connectivity index (χ2v) is 6.51. The molecule has 9 heteroatoms. The Morgan fingerprint density at radius 3 is 2.28 bits per heavy atom. The van der Waals surface area contributed by atoms with Gasteiger partial charge in [0, 0.05) is 50.3 Å². The molecule has 0 radical (unpaired) electrons. The number of hydrogen-bond donors (Lipinski definition) is 1. The zero-order chi connectivity index (χ0) is 20.2. The zero-order valence-electron chi connectivity index (χ0n) is 15.4. The highest BCUT2D eigenvalue weighted by Crippen LogP contribution is 2.19. The maximum absolute atomic E-state index is 13.3. The van der Waals surface area contributed by atoms with Crippen molar-refractivity contribution in [3.05, 3.63) is 72.3 Å². The molecule has 1 aliphatic heterocycles. The summed E-state index contributed by atoms with van der Waals surface area (Å²) in [5.74, 6) is -1.77. The normalized spacial score (nSPS) is 14.0. The zero-order valence-corrected chi connectivity index (χ0v) is 15.4. The van der Waals surface area contributed by atoms with Crippen LogP contribution in [0.4, 0.5) is 26.1 Å². The lowest BCUT2D eigenvalue weighted by Crippen LogP contribution is -2.47. The summed E-state index contributed by atoms with van der Waals surface area (Å²) >= 11 is 0. The van der Waals surface area contributed by atoms with Crippen LogP contribution in [0.25, 0.3) is 0 Å². The number of piperazine rings is 1. The Hall–Kier alpha value is -3.62. The minimum atomic E-state index is -1.02. The number of halogens is 2. The Balaban J connectivity index is 1.36. The maximum Gasteiger partial charge on any atom is 0.274 e. The number of benzene rings is 1. The molecule has 0 spiro atoms. The molecule has 148 valence electrons. The van der Waals surface area contributed by atoms with Gasteiger partial charge in [-0.1, -0.05) is 0 Å². The average Bonchev–Trinajstić information content (AvgIpc) is 2.77. The molecule has 1 aliphatic rings. The van der Waals surface area contributed by atoms with E-state index in [1.807, 2.05) is 6.07 Å². The molecule has 0 saturated carbocycles. The molecule has 7 nitrogen and oxygen atoms in total. The molecule has 1 aromatic carbocycles. The van der Waals surface area contributed by atoms with E-state index in [1.165, 1.54) is 6.07 Å². The van der Waals surface area contributed by atoms with E-state index in [0.717, 1.165) is 49.9 Å². The molecule has 1 N–H and O–H groups in total. The molecule has 1 saturated heterocycles. The first-order valence-corrected chi connectivity index (χ1v) is 9.09. The van der Waals surface area contributed by atoms with E-state index >= 15 is 0 Å². The van der Waals surface area contributed by atoms with Crippen LogP contribution in [0.2, 0.25) is 0 Å².